The topological polar surface area (TPSA) is 0 Å². The minimum absolute atomic E-state index is 0.0308. The zero-order valence-electron chi connectivity index (χ0n) is 9.34. The van der Waals surface area contributed by atoms with Crippen LogP contribution in [0.2, 0.25) is 0 Å². The maximum atomic E-state index is 13.7. The van der Waals surface area contributed by atoms with Crippen LogP contribution in [-0.4, -0.2) is 0 Å². The predicted octanol–water partition coefficient (Wildman–Crippen LogP) is 3.98. The molecular formula is C12H17FS2. The molecule has 0 saturated carbocycles. The summed E-state index contributed by atoms with van der Waals surface area (Å²) in [5, 5.41) is 0. The predicted molar refractivity (Wildman–Crippen MR) is 70.5 cm³/mol. The molecule has 0 amide bonds. The monoisotopic (exact) mass is 244 g/mol. The minimum Gasteiger partial charge on any atom is -0.206 e. The van der Waals surface area contributed by atoms with E-state index in [1.807, 2.05) is 12.1 Å². The molecule has 0 aliphatic heterocycles. The lowest BCUT2D eigenvalue weighted by molar-refractivity contribution is 0.574. The second-order valence-corrected chi connectivity index (χ2v) is 5.31. The number of benzene rings is 1. The Morgan fingerprint density at radius 2 is 1.47 bits per heavy atom. The van der Waals surface area contributed by atoms with Crippen molar-refractivity contribution < 1.29 is 4.39 Å². The van der Waals surface area contributed by atoms with Crippen molar-refractivity contribution in [3.05, 3.63) is 34.6 Å². The first kappa shape index (κ1) is 12.9. The molecule has 0 radical (unpaired) electrons. The summed E-state index contributed by atoms with van der Waals surface area (Å²) in [6.07, 6.45) is 0. The van der Waals surface area contributed by atoms with Gasteiger partial charge in [-0.15, -0.1) is 0 Å². The van der Waals surface area contributed by atoms with Crippen molar-refractivity contribution in [3.63, 3.8) is 0 Å². The van der Waals surface area contributed by atoms with Gasteiger partial charge in [-0.2, -0.15) is 25.3 Å². The Kier molecular flexibility index (Phi) is 4.13. The summed E-state index contributed by atoms with van der Waals surface area (Å²) in [7, 11) is 0. The first-order valence-electron chi connectivity index (χ1n) is 4.93. The van der Waals surface area contributed by atoms with Crippen molar-refractivity contribution in [2.45, 2.75) is 37.7 Å². The van der Waals surface area contributed by atoms with Crippen molar-refractivity contribution in [1.29, 1.82) is 0 Å². The summed E-state index contributed by atoms with van der Waals surface area (Å²) < 4.78 is 13.7. The van der Waals surface area contributed by atoms with Crippen molar-refractivity contribution in [1.82, 2.24) is 0 Å². The molecule has 1 aromatic carbocycles. The van der Waals surface area contributed by atoms with Crippen molar-refractivity contribution in [2.75, 3.05) is 0 Å². The molecule has 0 aliphatic carbocycles. The zero-order chi connectivity index (χ0) is 11.6. The van der Waals surface area contributed by atoms with Crippen molar-refractivity contribution >= 4 is 25.3 Å². The first-order chi connectivity index (χ1) is 6.90. The van der Waals surface area contributed by atoms with Crippen LogP contribution < -0.4 is 0 Å². The van der Waals surface area contributed by atoms with Crippen LogP contribution in [-0.2, 0) is 16.9 Å². The fourth-order valence-corrected chi connectivity index (χ4v) is 1.87. The van der Waals surface area contributed by atoms with Crippen molar-refractivity contribution in [2.24, 2.45) is 0 Å². The van der Waals surface area contributed by atoms with E-state index in [1.54, 1.807) is 0 Å². The number of hydrogen-bond donors (Lipinski definition) is 2. The van der Waals surface area contributed by atoms with Gasteiger partial charge in [-0.25, -0.2) is 4.39 Å². The summed E-state index contributed by atoms with van der Waals surface area (Å²) in [6.45, 7) is 6.35. The van der Waals surface area contributed by atoms with E-state index in [4.69, 9.17) is 0 Å². The maximum Gasteiger partial charge on any atom is 0.131 e. The van der Waals surface area contributed by atoms with Crippen LogP contribution in [0.5, 0.6) is 0 Å². The van der Waals surface area contributed by atoms with Gasteiger partial charge < -0.3 is 0 Å². The summed E-state index contributed by atoms with van der Waals surface area (Å²) in [4.78, 5) is 0. The van der Waals surface area contributed by atoms with E-state index in [0.717, 1.165) is 5.56 Å². The fraction of sp³-hybridized carbons (Fsp3) is 0.500. The second kappa shape index (κ2) is 4.79. The number of thiol groups is 2. The number of rotatable bonds is 2. The molecule has 0 atom stereocenters. The van der Waals surface area contributed by atoms with Crippen LogP contribution in [0.4, 0.5) is 4.39 Å². The highest BCUT2D eigenvalue weighted by Crippen LogP contribution is 2.28. The third-order valence-electron chi connectivity index (χ3n) is 2.43. The Labute approximate surface area is 102 Å². The highest BCUT2D eigenvalue weighted by Gasteiger charge is 2.17. The molecule has 0 bridgehead atoms. The van der Waals surface area contributed by atoms with Gasteiger partial charge in [0.05, 0.1) is 0 Å². The molecule has 1 rings (SSSR count). The van der Waals surface area contributed by atoms with E-state index in [1.165, 1.54) is 0 Å². The highest BCUT2D eigenvalue weighted by atomic mass is 32.1. The lowest BCUT2D eigenvalue weighted by Gasteiger charge is -2.21. The van der Waals surface area contributed by atoms with E-state index in [2.05, 4.69) is 46.0 Å². The van der Waals surface area contributed by atoms with Gasteiger partial charge in [-0.05, 0) is 22.1 Å². The van der Waals surface area contributed by atoms with Crippen LogP contribution in [0.3, 0.4) is 0 Å². The summed E-state index contributed by atoms with van der Waals surface area (Å²) >= 11 is 8.29. The Hall–Kier alpha value is -0.150. The Morgan fingerprint density at radius 1 is 1.07 bits per heavy atom. The lowest BCUT2D eigenvalue weighted by atomic mass is 9.85. The second-order valence-electron chi connectivity index (χ2n) is 4.67. The Morgan fingerprint density at radius 3 is 1.73 bits per heavy atom. The molecule has 84 valence electrons. The van der Waals surface area contributed by atoms with Crippen LogP contribution in [0.15, 0.2) is 12.1 Å². The Balaban J connectivity index is 3.33. The number of hydrogen-bond acceptors (Lipinski definition) is 2. The molecule has 0 saturated heterocycles. The molecule has 0 nitrogen and oxygen atoms in total. The van der Waals surface area contributed by atoms with Gasteiger partial charge in [0, 0.05) is 11.5 Å². The molecule has 0 aromatic heterocycles. The van der Waals surface area contributed by atoms with Gasteiger partial charge in [-0.1, -0.05) is 32.9 Å². The van der Waals surface area contributed by atoms with E-state index in [9.17, 15) is 4.39 Å². The fourth-order valence-electron chi connectivity index (χ4n) is 1.41. The molecule has 15 heavy (non-hydrogen) atoms. The smallest absolute Gasteiger partial charge is 0.131 e. The molecule has 0 aliphatic rings. The third-order valence-corrected chi connectivity index (χ3v) is 3.11. The van der Waals surface area contributed by atoms with Gasteiger partial charge in [0.15, 0.2) is 0 Å². The normalized spacial score (nSPS) is 11.9. The van der Waals surface area contributed by atoms with Gasteiger partial charge in [0.1, 0.15) is 5.82 Å². The van der Waals surface area contributed by atoms with Crippen LogP contribution in [0, 0.1) is 5.82 Å². The average Bonchev–Trinajstić information content (AvgIpc) is 2.16. The van der Waals surface area contributed by atoms with E-state index >= 15 is 0 Å². The van der Waals surface area contributed by atoms with E-state index in [-0.39, 0.29) is 11.2 Å². The standard InChI is InChI=1S/C12H17FS2/c1-12(2,3)10-4-8(6-14)11(13)9(5-10)7-15/h4-5,14-15H,6-7H2,1-3H3. The maximum absolute atomic E-state index is 13.7. The van der Waals surface area contributed by atoms with Crippen LogP contribution >= 0.6 is 25.3 Å². The van der Waals surface area contributed by atoms with Gasteiger partial charge in [0.2, 0.25) is 0 Å². The van der Waals surface area contributed by atoms with Gasteiger partial charge in [-0.3, -0.25) is 0 Å². The molecule has 0 heterocycles. The summed E-state index contributed by atoms with van der Waals surface area (Å²) in [5.74, 6) is 0.695. The molecule has 0 spiro atoms. The van der Waals surface area contributed by atoms with Crippen LogP contribution in [0.1, 0.15) is 37.5 Å². The average molecular weight is 244 g/mol. The number of halogens is 1. The van der Waals surface area contributed by atoms with Gasteiger partial charge >= 0.3 is 0 Å². The molecule has 0 fully saturated rings. The minimum atomic E-state index is -0.159. The molecule has 3 heteroatoms. The SMILES string of the molecule is CC(C)(C)c1cc(CS)c(F)c(CS)c1. The summed E-state index contributed by atoms with van der Waals surface area (Å²) in [5.41, 5.74) is 2.49. The third kappa shape index (κ3) is 2.91. The van der Waals surface area contributed by atoms with Gasteiger partial charge in [0.25, 0.3) is 0 Å². The van der Waals surface area contributed by atoms with Crippen molar-refractivity contribution in [3.8, 4) is 0 Å². The molecule has 0 unspecified atom stereocenters. The molecule has 0 N–H and O–H groups in total. The summed E-state index contributed by atoms with van der Waals surface area (Å²) in [6, 6.07) is 3.80. The molecule has 1 aromatic rings. The Bertz CT molecular complexity index is 328. The first-order valence-corrected chi connectivity index (χ1v) is 6.20. The lowest BCUT2D eigenvalue weighted by Crippen LogP contribution is -2.13. The highest BCUT2D eigenvalue weighted by molar-refractivity contribution is 7.79. The largest absolute Gasteiger partial charge is 0.206 e. The zero-order valence-corrected chi connectivity index (χ0v) is 11.1. The van der Waals surface area contributed by atoms with Crippen LogP contribution in [0.25, 0.3) is 0 Å². The quantitative estimate of drug-likeness (QED) is 0.722. The van der Waals surface area contributed by atoms with E-state index in [0.29, 0.717) is 22.6 Å². The van der Waals surface area contributed by atoms with E-state index < -0.39 is 0 Å². The molecular weight excluding hydrogens is 227 g/mol.